The van der Waals surface area contributed by atoms with Crippen LogP contribution in [0.25, 0.3) is 0 Å². The molecular formula is C14H25N3O4. The third kappa shape index (κ3) is 5.24. The number of hydrogen-bond acceptors (Lipinski definition) is 3. The van der Waals surface area contributed by atoms with Crippen molar-refractivity contribution in [1.29, 1.82) is 0 Å². The van der Waals surface area contributed by atoms with Crippen molar-refractivity contribution in [2.75, 3.05) is 26.2 Å². The van der Waals surface area contributed by atoms with Gasteiger partial charge < -0.3 is 20.2 Å². The lowest BCUT2D eigenvalue weighted by Gasteiger charge is -2.28. The predicted octanol–water partition coefficient (Wildman–Crippen LogP) is 0.894. The summed E-state index contributed by atoms with van der Waals surface area (Å²) in [6, 6.07) is -0.505. The number of aliphatic carboxylic acids is 1. The summed E-state index contributed by atoms with van der Waals surface area (Å²) in [5, 5.41) is 11.5. The van der Waals surface area contributed by atoms with Crippen molar-refractivity contribution in [1.82, 2.24) is 15.1 Å². The molecule has 0 bridgehead atoms. The molecule has 0 heterocycles. The van der Waals surface area contributed by atoms with Crippen molar-refractivity contribution in [2.24, 2.45) is 0 Å². The van der Waals surface area contributed by atoms with Crippen LogP contribution >= 0.6 is 0 Å². The van der Waals surface area contributed by atoms with Crippen molar-refractivity contribution in [2.45, 2.75) is 45.6 Å². The molecule has 7 nitrogen and oxygen atoms in total. The number of carboxylic acid groups (broad SMARTS) is 1. The fourth-order valence-corrected chi connectivity index (χ4v) is 2.67. The third-order valence-electron chi connectivity index (χ3n) is 3.84. The molecule has 0 aromatic carbocycles. The van der Waals surface area contributed by atoms with Crippen molar-refractivity contribution in [3.05, 3.63) is 0 Å². The lowest BCUT2D eigenvalue weighted by Crippen LogP contribution is -2.50. The van der Waals surface area contributed by atoms with Crippen molar-refractivity contribution in [3.8, 4) is 0 Å². The Balaban J connectivity index is 2.55. The van der Waals surface area contributed by atoms with Gasteiger partial charge in [0.1, 0.15) is 6.54 Å². The average molecular weight is 299 g/mol. The van der Waals surface area contributed by atoms with E-state index in [1.165, 1.54) is 4.90 Å². The van der Waals surface area contributed by atoms with Crippen LogP contribution in [0.2, 0.25) is 0 Å². The Hall–Kier alpha value is -1.79. The van der Waals surface area contributed by atoms with Gasteiger partial charge in [-0.2, -0.15) is 0 Å². The third-order valence-corrected chi connectivity index (χ3v) is 3.84. The largest absolute Gasteiger partial charge is 0.480 e. The molecular weight excluding hydrogens is 274 g/mol. The molecule has 0 aliphatic heterocycles. The predicted molar refractivity (Wildman–Crippen MR) is 77.9 cm³/mol. The van der Waals surface area contributed by atoms with Crippen LogP contribution < -0.4 is 5.32 Å². The first-order valence-corrected chi connectivity index (χ1v) is 7.53. The Morgan fingerprint density at radius 2 is 1.71 bits per heavy atom. The number of urea groups is 1. The van der Waals surface area contributed by atoms with Crippen LogP contribution in [0.3, 0.4) is 0 Å². The number of carbonyl (C=O) groups excluding carboxylic acids is 2. The van der Waals surface area contributed by atoms with E-state index in [1.807, 2.05) is 13.8 Å². The van der Waals surface area contributed by atoms with E-state index in [0.29, 0.717) is 13.1 Å². The zero-order valence-corrected chi connectivity index (χ0v) is 12.8. The monoisotopic (exact) mass is 299 g/mol. The van der Waals surface area contributed by atoms with Crippen molar-refractivity contribution in [3.63, 3.8) is 0 Å². The van der Waals surface area contributed by atoms with Crippen LogP contribution in [0.1, 0.15) is 39.5 Å². The minimum Gasteiger partial charge on any atom is -0.480 e. The van der Waals surface area contributed by atoms with Crippen LogP contribution in [-0.2, 0) is 9.59 Å². The summed E-state index contributed by atoms with van der Waals surface area (Å²) in [4.78, 5) is 37.9. The Bertz CT molecular complexity index is 376. The second-order valence-corrected chi connectivity index (χ2v) is 5.18. The van der Waals surface area contributed by atoms with E-state index in [1.54, 1.807) is 4.90 Å². The molecule has 1 fully saturated rings. The van der Waals surface area contributed by atoms with Crippen LogP contribution in [0, 0.1) is 0 Å². The SMILES string of the molecule is CCN(CC)C(=O)CNC(=O)N(CC(=O)O)C1CCCC1. The molecule has 2 N–H and O–H groups in total. The van der Waals surface area contributed by atoms with Gasteiger partial charge in [-0.05, 0) is 26.7 Å². The number of carboxylic acids is 1. The van der Waals surface area contributed by atoms with E-state index in [-0.39, 0.29) is 25.0 Å². The summed E-state index contributed by atoms with van der Waals surface area (Å²) in [6.45, 7) is 4.51. The Morgan fingerprint density at radius 3 is 2.19 bits per heavy atom. The van der Waals surface area contributed by atoms with Gasteiger partial charge in [-0.25, -0.2) is 4.79 Å². The summed E-state index contributed by atoms with van der Waals surface area (Å²) in [7, 11) is 0. The first kappa shape index (κ1) is 17.3. The molecule has 0 spiro atoms. The number of likely N-dealkylation sites (N-methyl/N-ethyl adjacent to an activating group) is 1. The lowest BCUT2D eigenvalue weighted by atomic mass is 10.2. The van der Waals surface area contributed by atoms with E-state index in [4.69, 9.17) is 5.11 Å². The van der Waals surface area contributed by atoms with Gasteiger partial charge in [-0.3, -0.25) is 9.59 Å². The van der Waals surface area contributed by atoms with Gasteiger partial charge in [0.2, 0.25) is 5.91 Å². The topological polar surface area (TPSA) is 90.0 Å². The maximum atomic E-state index is 12.2. The molecule has 1 aliphatic carbocycles. The standard InChI is InChI=1S/C14H25N3O4/c1-3-16(4-2)12(18)9-15-14(21)17(10-13(19)20)11-7-5-6-8-11/h11H,3-10H2,1-2H3,(H,15,21)(H,19,20). The first-order chi connectivity index (χ1) is 9.99. The van der Waals surface area contributed by atoms with Gasteiger partial charge in [0, 0.05) is 19.1 Å². The minimum absolute atomic E-state index is 0.0374. The quantitative estimate of drug-likeness (QED) is 0.730. The Labute approximate surface area is 125 Å². The molecule has 0 aromatic rings. The van der Waals surface area contributed by atoms with Gasteiger partial charge in [-0.1, -0.05) is 12.8 Å². The molecule has 3 amide bonds. The highest BCUT2D eigenvalue weighted by atomic mass is 16.4. The summed E-state index contributed by atoms with van der Waals surface area (Å²) in [5.74, 6) is -1.19. The zero-order chi connectivity index (χ0) is 15.8. The Morgan fingerprint density at radius 1 is 1.14 bits per heavy atom. The van der Waals surface area contributed by atoms with Crippen LogP contribution in [0.4, 0.5) is 4.79 Å². The second kappa shape index (κ2) is 8.49. The summed E-state index contributed by atoms with van der Waals surface area (Å²) in [6.07, 6.45) is 3.66. The molecule has 0 saturated heterocycles. The van der Waals surface area contributed by atoms with Gasteiger partial charge in [0.15, 0.2) is 0 Å². The van der Waals surface area contributed by atoms with Crippen LogP contribution in [0.5, 0.6) is 0 Å². The normalized spacial score (nSPS) is 14.8. The molecule has 120 valence electrons. The van der Waals surface area contributed by atoms with E-state index >= 15 is 0 Å². The first-order valence-electron chi connectivity index (χ1n) is 7.53. The zero-order valence-electron chi connectivity index (χ0n) is 12.8. The lowest BCUT2D eigenvalue weighted by molar-refractivity contribution is -0.138. The number of amides is 3. The number of nitrogens with zero attached hydrogens (tertiary/aromatic N) is 2. The molecule has 1 aliphatic rings. The number of carbonyl (C=O) groups is 3. The maximum Gasteiger partial charge on any atom is 0.323 e. The highest BCUT2D eigenvalue weighted by molar-refractivity contribution is 5.85. The Kier molecular flexibility index (Phi) is 6.98. The molecule has 0 radical (unpaired) electrons. The fourth-order valence-electron chi connectivity index (χ4n) is 2.67. The number of rotatable bonds is 7. The van der Waals surface area contributed by atoms with E-state index < -0.39 is 12.0 Å². The molecule has 7 heteroatoms. The van der Waals surface area contributed by atoms with E-state index in [0.717, 1.165) is 25.7 Å². The van der Waals surface area contributed by atoms with Crippen molar-refractivity contribution >= 4 is 17.9 Å². The van der Waals surface area contributed by atoms with Gasteiger partial charge in [0.25, 0.3) is 0 Å². The smallest absolute Gasteiger partial charge is 0.323 e. The maximum absolute atomic E-state index is 12.2. The summed E-state index contributed by atoms with van der Waals surface area (Å²) in [5.41, 5.74) is 0. The molecule has 0 atom stereocenters. The number of nitrogens with one attached hydrogen (secondary N) is 1. The molecule has 0 aromatic heterocycles. The summed E-state index contributed by atoms with van der Waals surface area (Å²) >= 11 is 0. The highest BCUT2D eigenvalue weighted by Crippen LogP contribution is 2.23. The summed E-state index contributed by atoms with van der Waals surface area (Å²) < 4.78 is 0. The van der Waals surface area contributed by atoms with E-state index in [2.05, 4.69) is 5.32 Å². The molecule has 21 heavy (non-hydrogen) atoms. The minimum atomic E-state index is -1.04. The average Bonchev–Trinajstić information content (AvgIpc) is 2.97. The van der Waals surface area contributed by atoms with Gasteiger partial charge >= 0.3 is 12.0 Å². The van der Waals surface area contributed by atoms with Crippen LogP contribution in [0.15, 0.2) is 0 Å². The molecule has 1 rings (SSSR count). The molecule has 1 saturated carbocycles. The van der Waals surface area contributed by atoms with E-state index in [9.17, 15) is 14.4 Å². The van der Waals surface area contributed by atoms with Gasteiger partial charge in [-0.15, -0.1) is 0 Å². The van der Waals surface area contributed by atoms with Crippen molar-refractivity contribution < 1.29 is 19.5 Å². The fraction of sp³-hybridized carbons (Fsp3) is 0.786. The number of hydrogen-bond donors (Lipinski definition) is 2. The van der Waals surface area contributed by atoms with Crippen LogP contribution in [-0.4, -0.2) is 65.0 Å². The molecule has 0 unspecified atom stereocenters. The van der Waals surface area contributed by atoms with Gasteiger partial charge in [0.05, 0.1) is 6.54 Å². The second-order valence-electron chi connectivity index (χ2n) is 5.18. The highest BCUT2D eigenvalue weighted by Gasteiger charge is 2.28.